The van der Waals surface area contributed by atoms with Crippen LogP contribution in [0.2, 0.25) is 0 Å². The maximum atomic E-state index is 11.6. The Morgan fingerprint density at radius 2 is 1.88 bits per heavy atom. The van der Waals surface area contributed by atoms with E-state index in [4.69, 9.17) is 14.2 Å². The molecule has 0 heterocycles. The van der Waals surface area contributed by atoms with Gasteiger partial charge in [-0.3, -0.25) is 0 Å². The molecule has 0 bridgehead atoms. The highest BCUT2D eigenvalue weighted by molar-refractivity contribution is 5.92. The quantitative estimate of drug-likeness (QED) is 0.540. The zero-order valence-corrected chi connectivity index (χ0v) is 10.3. The number of hydrogen-bond donors (Lipinski definition) is 0. The van der Waals surface area contributed by atoms with Gasteiger partial charge in [0.1, 0.15) is 17.9 Å². The number of para-hydroxylation sites is 1. The molecule has 0 saturated heterocycles. The number of benzene rings is 1. The average Bonchev–Trinajstić information content (AvgIpc) is 2.35. The van der Waals surface area contributed by atoms with Crippen molar-refractivity contribution in [2.24, 2.45) is 0 Å². The molecule has 0 saturated carbocycles. The van der Waals surface area contributed by atoms with E-state index in [0.717, 1.165) is 0 Å². The van der Waals surface area contributed by atoms with E-state index >= 15 is 0 Å². The van der Waals surface area contributed by atoms with Crippen LogP contribution in [0.3, 0.4) is 0 Å². The molecule has 0 aliphatic heterocycles. The highest BCUT2D eigenvalue weighted by atomic mass is 16.5. The molecule has 0 aliphatic carbocycles. The van der Waals surface area contributed by atoms with E-state index in [0.29, 0.717) is 37.7 Å². The van der Waals surface area contributed by atoms with Crippen molar-refractivity contribution in [2.75, 3.05) is 26.4 Å². The third kappa shape index (κ3) is 4.44. The van der Waals surface area contributed by atoms with Crippen LogP contribution in [0.25, 0.3) is 0 Å². The minimum atomic E-state index is -0.362. The summed E-state index contributed by atoms with van der Waals surface area (Å²) in [6.07, 6.45) is 0. The van der Waals surface area contributed by atoms with Crippen LogP contribution >= 0.6 is 0 Å². The van der Waals surface area contributed by atoms with Crippen LogP contribution in [0.15, 0.2) is 24.3 Å². The lowest BCUT2D eigenvalue weighted by molar-refractivity contribution is 0.0518. The van der Waals surface area contributed by atoms with Gasteiger partial charge in [0, 0.05) is 6.61 Å². The Labute approximate surface area is 101 Å². The van der Waals surface area contributed by atoms with Gasteiger partial charge in [-0.05, 0) is 26.0 Å². The lowest BCUT2D eigenvalue weighted by atomic mass is 10.2. The largest absolute Gasteiger partial charge is 0.490 e. The monoisotopic (exact) mass is 238 g/mol. The first-order valence-corrected chi connectivity index (χ1v) is 5.76. The molecule has 0 aromatic heterocycles. The van der Waals surface area contributed by atoms with Gasteiger partial charge in [-0.25, -0.2) is 4.79 Å². The normalized spacial score (nSPS) is 10.0. The molecule has 17 heavy (non-hydrogen) atoms. The van der Waals surface area contributed by atoms with Crippen LogP contribution in [0.5, 0.6) is 5.75 Å². The maximum Gasteiger partial charge on any atom is 0.341 e. The molecular formula is C13H18O4. The van der Waals surface area contributed by atoms with Crippen molar-refractivity contribution in [3.05, 3.63) is 29.8 Å². The zero-order valence-electron chi connectivity index (χ0n) is 10.3. The summed E-state index contributed by atoms with van der Waals surface area (Å²) in [7, 11) is 0. The molecule has 1 aromatic rings. The van der Waals surface area contributed by atoms with Crippen LogP contribution < -0.4 is 4.74 Å². The van der Waals surface area contributed by atoms with Gasteiger partial charge in [0.05, 0.1) is 13.2 Å². The Morgan fingerprint density at radius 3 is 2.59 bits per heavy atom. The van der Waals surface area contributed by atoms with Crippen molar-refractivity contribution < 1.29 is 19.0 Å². The van der Waals surface area contributed by atoms with E-state index in [1.807, 2.05) is 13.0 Å². The minimum absolute atomic E-state index is 0.353. The molecular weight excluding hydrogens is 220 g/mol. The Hall–Kier alpha value is -1.55. The van der Waals surface area contributed by atoms with E-state index < -0.39 is 0 Å². The summed E-state index contributed by atoms with van der Waals surface area (Å²) in [6, 6.07) is 7.03. The Morgan fingerprint density at radius 1 is 1.12 bits per heavy atom. The summed E-state index contributed by atoms with van der Waals surface area (Å²) in [4.78, 5) is 11.6. The molecule has 4 nitrogen and oxygen atoms in total. The number of hydrogen-bond acceptors (Lipinski definition) is 4. The first kappa shape index (κ1) is 13.5. The third-order valence-electron chi connectivity index (χ3n) is 2.07. The van der Waals surface area contributed by atoms with E-state index in [-0.39, 0.29) is 5.97 Å². The van der Waals surface area contributed by atoms with E-state index in [1.54, 1.807) is 25.1 Å². The number of ether oxygens (including phenoxy) is 3. The van der Waals surface area contributed by atoms with Gasteiger partial charge in [0.25, 0.3) is 0 Å². The summed E-state index contributed by atoms with van der Waals surface area (Å²) >= 11 is 0. The van der Waals surface area contributed by atoms with Crippen molar-refractivity contribution in [3.63, 3.8) is 0 Å². The van der Waals surface area contributed by atoms with Gasteiger partial charge in [-0.2, -0.15) is 0 Å². The summed E-state index contributed by atoms with van der Waals surface area (Å²) in [5.41, 5.74) is 0.450. The fourth-order valence-electron chi connectivity index (χ4n) is 1.32. The maximum absolute atomic E-state index is 11.6. The molecule has 0 fully saturated rings. The third-order valence-corrected chi connectivity index (χ3v) is 2.07. The van der Waals surface area contributed by atoms with E-state index in [1.165, 1.54) is 0 Å². The molecule has 94 valence electrons. The lowest BCUT2D eigenvalue weighted by Gasteiger charge is -2.10. The highest BCUT2D eigenvalue weighted by Gasteiger charge is 2.12. The van der Waals surface area contributed by atoms with E-state index in [9.17, 15) is 4.79 Å². The van der Waals surface area contributed by atoms with Crippen LogP contribution in [-0.2, 0) is 9.47 Å². The van der Waals surface area contributed by atoms with Crippen molar-refractivity contribution in [2.45, 2.75) is 13.8 Å². The molecule has 4 heteroatoms. The first-order chi connectivity index (χ1) is 8.29. The van der Waals surface area contributed by atoms with Crippen LogP contribution in [-0.4, -0.2) is 32.4 Å². The molecule has 0 spiro atoms. The predicted octanol–water partition coefficient (Wildman–Crippen LogP) is 2.28. The predicted molar refractivity (Wildman–Crippen MR) is 64.4 cm³/mol. The van der Waals surface area contributed by atoms with Crippen molar-refractivity contribution in [3.8, 4) is 5.75 Å². The fourth-order valence-corrected chi connectivity index (χ4v) is 1.32. The fraction of sp³-hybridized carbons (Fsp3) is 0.462. The summed E-state index contributed by atoms with van der Waals surface area (Å²) < 4.78 is 15.6. The molecule has 0 N–H and O–H groups in total. The average molecular weight is 238 g/mol. The molecule has 1 aromatic carbocycles. The lowest BCUT2D eigenvalue weighted by Crippen LogP contribution is -2.11. The second kappa shape index (κ2) is 7.68. The Balaban J connectivity index is 2.61. The van der Waals surface area contributed by atoms with Gasteiger partial charge in [0.2, 0.25) is 0 Å². The van der Waals surface area contributed by atoms with Gasteiger partial charge in [-0.1, -0.05) is 12.1 Å². The molecule has 0 amide bonds. The molecule has 0 atom stereocenters. The van der Waals surface area contributed by atoms with Crippen molar-refractivity contribution in [1.82, 2.24) is 0 Å². The van der Waals surface area contributed by atoms with Crippen LogP contribution in [0, 0.1) is 0 Å². The minimum Gasteiger partial charge on any atom is -0.490 e. The van der Waals surface area contributed by atoms with Crippen molar-refractivity contribution in [1.29, 1.82) is 0 Å². The summed E-state index contributed by atoms with van der Waals surface area (Å²) in [5, 5.41) is 0. The number of carbonyl (C=O) groups is 1. The Bertz CT molecular complexity index is 349. The summed E-state index contributed by atoms with van der Waals surface area (Å²) in [5.74, 6) is 0.171. The Kier molecular flexibility index (Phi) is 6.10. The smallest absolute Gasteiger partial charge is 0.341 e. The number of esters is 1. The molecule has 0 radical (unpaired) electrons. The van der Waals surface area contributed by atoms with Gasteiger partial charge >= 0.3 is 5.97 Å². The topological polar surface area (TPSA) is 44.8 Å². The van der Waals surface area contributed by atoms with Gasteiger partial charge in [0.15, 0.2) is 0 Å². The standard InChI is InChI=1S/C13H18O4/c1-3-15-9-10-17-12-8-6-5-7-11(12)13(14)16-4-2/h5-8H,3-4,9-10H2,1-2H3. The second-order valence-electron chi connectivity index (χ2n) is 3.26. The zero-order chi connectivity index (χ0) is 12.5. The summed E-state index contributed by atoms with van der Waals surface area (Å²) in [6.45, 7) is 5.63. The highest BCUT2D eigenvalue weighted by Crippen LogP contribution is 2.18. The molecule has 1 rings (SSSR count). The molecule has 0 aliphatic rings. The number of carbonyl (C=O) groups excluding carboxylic acids is 1. The van der Waals surface area contributed by atoms with Gasteiger partial charge in [-0.15, -0.1) is 0 Å². The molecule has 0 unspecified atom stereocenters. The number of rotatable bonds is 7. The van der Waals surface area contributed by atoms with Crippen molar-refractivity contribution >= 4 is 5.97 Å². The van der Waals surface area contributed by atoms with Crippen LogP contribution in [0.4, 0.5) is 0 Å². The van der Waals surface area contributed by atoms with Gasteiger partial charge < -0.3 is 14.2 Å². The van der Waals surface area contributed by atoms with E-state index in [2.05, 4.69) is 0 Å². The SMILES string of the molecule is CCOCCOc1ccccc1C(=O)OCC. The second-order valence-corrected chi connectivity index (χ2v) is 3.26. The first-order valence-electron chi connectivity index (χ1n) is 5.76. The van der Waals surface area contributed by atoms with Crippen LogP contribution in [0.1, 0.15) is 24.2 Å².